The smallest absolute Gasteiger partial charge is 0.420 e. The van der Waals surface area contributed by atoms with Crippen LogP contribution in [0, 0.1) is 20.2 Å². The van der Waals surface area contributed by atoms with Gasteiger partial charge in [0.15, 0.2) is 0 Å². The lowest BCUT2D eigenvalue weighted by atomic mass is 9.98. The number of aromatic hydroxyl groups is 2. The number of nitro benzene ring substituents is 2. The van der Waals surface area contributed by atoms with Gasteiger partial charge >= 0.3 is 23.7 Å². The van der Waals surface area contributed by atoms with E-state index < -0.39 is 73.7 Å². The van der Waals surface area contributed by atoms with Crippen molar-refractivity contribution < 1.29 is 46.4 Å². The van der Waals surface area contributed by atoms with E-state index in [4.69, 9.17) is 0 Å². The van der Waals surface area contributed by atoms with Crippen LogP contribution in [0.1, 0.15) is 22.3 Å². The van der Waals surface area contributed by atoms with Crippen molar-refractivity contribution in [2.75, 3.05) is 0 Å². The molecule has 0 aliphatic rings. The second-order valence-corrected chi connectivity index (χ2v) is 5.71. The first-order valence-electron chi connectivity index (χ1n) is 7.28. The Labute approximate surface area is 155 Å². The van der Waals surface area contributed by atoms with Crippen molar-refractivity contribution in [2.45, 2.75) is 18.8 Å². The van der Waals surface area contributed by atoms with E-state index in [1.807, 2.05) is 0 Å². The normalized spacial score (nSPS) is 12.1. The van der Waals surface area contributed by atoms with E-state index in [0.717, 1.165) is 0 Å². The van der Waals surface area contributed by atoms with Crippen molar-refractivity contribution in [3.8, 4) is 11.5 Å². The SMILES string of the molecule is O=[N+]([O-])c1cc(Cc2cc([N+](=O)[O-])c(O)c(C(F)(F)F)c2)cc(C(F)(F)F)c1O. The molecule has 0 radical (unpaired) electrons. The van der Waals surface area contributed by atoms with Crippen molar-refractivity contribution in [3.05, 3.63) is 66.7 Å². The lowest BCUT2D eigenvalue weighted by Gasteiger charge is -2.13. The highest BCUT2D eigenvalue weighted by atomic mass is 19.4. The standard InChI is InChI=1S/C15H8F6N2O6/c16-14(17,18)8-2-6(4-10(12(8)24)22(26)27)1-7-3-9(15(19,20)21)13(25)11(5-7)23(28)29/h2-5,24-25H,1H2. The minimum atomic E-state index is -5.22. The summed E-state index contributed by atoms with van der Waals surface area (Å²) in [5.74, 6) is -3.36. The second kappa shape index (κ2) is 7.10. The minimum Gasteiger partial charge on any atom is -0.502 e. The van der Waals surface area contributed by atoms with Gasteiger partial charge in [-0.3, -0.25) is 20.2 Å². The van der Waals surface area contributed by atoms with Gasteiger partial charge in [-0.05, 0) is 29.7 Å². The van der Waals surface area contributed by atoms with Gasteiger partial charge in [-0.15, -0.1) is 0 Å². The second-order valence-electron chi connectivity index (χ2n) is 5.71. The molecule has 14 heteroatoms. The Morgan fingerprint density at radius 2 is 1.03 bits per heavy atom. The highest BCUT2D eigenvalue weighted by Crippen LogP contribution is 2.44. The molecule has 2 aromatic rings. The van der Waals surface area contributed by atoms with Gasteiger partial charge in [0, 0.05) is 12.1 Å². The molecule has 0 saturated carbocycles. The number of halogens is 6. The summed E-state index contributed by atoms with van der Waals surface area (Å²) in [4.78, 5) is 19.1. The van der Waals surface area contributed by atoms with Crippen LogP contribution in [0.25, 0.3) is 0 Å². The molecule has 0 atom stereocenters. The van der Waals surface area contributed by atoms with Gasteiger partial charge in [0.05, 0.1) is 9.85 Å². The molecule has 0 bridgehead atoms. The molecule has 0 spiro atoms. The maximum atomic E-state index is 13.0. The topological polar surface area (TPSA) is 127 Å². The van der Waals surface area contributed by atoms with Crippen LogP contribution in [0.5, 0.6) is 11.5 Å². The predicted molar refractivity (Wildman–Crippen MR) is 82.3 cm³/mol. The summed E-state index contributed by atoms with van der Waals surface area (Å²) >= 11 is 0. The molecule has 0 unspecified atom stereocenters. The first kappa shape index (κ1) is 21.7. The van der Waals surface area contributed by atoms with Gasteiger partial charge in [0.2, 0.25) is 11.5 Å². The number of hydrogen-bond acceptors (Lipinski definition) is 6. The molecule has 0 fully saturated rings. The molecule has 2 rings (SSSR count). The molecule has 2 aromatic carbocycles. The Hall–Kier alpha value is -3.58. The Morgan fingerprint density at radius 1 is 0.724 bits per heavy atom. The maximum Gasteiger partial charge on any atom is 0.420 e. The monoisotopic (exact) mass is 426 g/mol. The minimum absolute atomic E-state index is 0.272. The molecule has 0 heterocycles. The van der Waals surface area contributed by atoms with E-state index in [0.29, 0.717) is 12.1 Å². The van der Waals surface area contributed by atoms with Gasteiger partial charge < -0.3 is 10.2 Å². The van der Waals surface area contributed by atoms with Crippen LogP contribution in [0.3, 0.4) is 0 Å². The van der Waals surface area contributed by atoms with Crippen LogP contribution < -0.4 is 0 Å². The van der Waals surface area contributed by atoms with Gasteiger partial charge in [0.25, 0.3) is 0 Å². The highest BCUT2D eigenvalue weighted by molar-refractivity contribution is 5.57. The van der Waals surface area contributed by atoms with Crippen LogP contribution in [0.2, 0.25) is 0 Å². The van der Waals surface area contributed by atoms with Crippen LogP contribution >= 0.6 is 0 Å². The van der Waals surface area contributed by atoms with E-state index in [1.165, 1.54) is 0 Å². The predicted octanol–water partition coefficient (Wildman–Crippen LogP) is 4.54. The third-order valence-corrected chi connectivity index (χ3v) is 3.71. The summed E-state index contributed by atoms with van der Waals surface area (Å²) in [7, 11) is 0. The van der Waals surface area contributed by atoms with Gasteiger partial charge in [0.1, 0.15) is 11.1 Å². The quantitative estimate of drug-likeness (QED) is 0.420. The van der Waals surface area contributed by atoms with E-state index in [9.17, 15) is 56.8 Å². The Kier molecular flexibility index (Phi) is 5.32. The summed E-state index contributed by atoms with van der Waals surface area (Å²) in [6, 6.07) is 1.54. The van der Waals surface area contributed by atoms with Crippen molar-refractivity contribution in [3.63, 3.8) is 0 Å². The molecule has 0 aromatic heterocycles. The van der Waals surface area contributed by atoms with Crippen LogP contribution in [-0.2, 0) is 18.8 Å². The molecule has 0 aliphatic heterocycles. The van der Waals surface area contributed by atoms with E-state index >= 15 is 0 Å². The van der Waals surface area contributed by atoms with Crippen molar-refractivity contribution in [1.82, 2.24) is 0 Å². The Morgan fingerprint density at radius 3 is 1.28 bits per heavy atom. The third-order valence-electron chi connectivity index (χ3n) is 3.71. The zero-order valence-electron chi connectivity index (χ0n) is 13.7. The molecule has 0 amide bonds. The van der Waals surface area contributed by atoms with Gasteiger partial charge in [-0.25, -0.2) is 0 Å². The van der Waals surface area contributed by atoms with Crippen LogP contribution in [-0.4, -0.2) is 20.1 Å². The van der Waals surface area contributed by atoms with Crippen molar-refractivity contribution >= 4 is 11.4 Å². The van der Waals surface area contributed by atoms with Crippen molar-refractivity contribution in [2.24, 2.45) is 0 Å². The zero-order valence-corrected chi connectivity index (χ0v) is 13.7. The molecule has 0 aliphatic carbocycles. The number of benzene rings is 2. The number of nitrogens with zero attached hydrogens (tertiary/aromatic N) is 2. The highest BCUT2D eigenvalue weighted by Gasteiger charge is 2.39. The number of hydrogen-bond donors (Lipinski definition) is 2. The largest absolute Gasteiger partial charge is 0.502 e. The summed E-state index contributed by atoms with van der Waals surface area (Å²) in [6.45, 7) is 0. The lowest BCUT2D eigenvalue weighted by molar-refractivity contribution is -0.386. The fraction of sp³-hybridized carbons (Fsp3) is 0.200. The average Bonchev–Trinajstić information content (AvgIpc) is 2.55. The van der Waals surface area contributed by atoms with E-state index in [-0.39, 0.29) is 12.1 Å². The molecular formula is C15H8F6N2O6. The summed E-state index contributed by atoms with van der Waals surface area (Å²) in [5, 5.41) is 40.7. The first-order valence-corrected chi connectivity index (χ1v) is 7.28. The summed E-state index contributed by atoms with van der Waals surface area (Å²) in [5.41, 5.74) is -7.39. The van der Waals surface area contributed by atoms with E-state index in [2.05, 4.69) is 0 Å². The molecule has 8 nitrogen and oxygen atoms in total. The van der Waals surface area contributed by atoms with Gasteiger partial charge in [-0.1, -0.05) is 0 Å². The number of phenols is 2. The van der Waals surface area contributed by atoms with Gasteiger partial charge in [-0.2, -0.15) is 26.3 Å². The number of rotatable bonds is 4. The van der Waals surface area contributed by atoms with Crippen LogP contribution in [0.15, 0.2) is 24.3 Å². The third kappa shape index (κ3) is 4.47. The first-order chi connectivity index (χ1) is 13.1. The molecule has 2 N–H and O–H groups in total. The number of nitro groups is 2. The van der Waals surface area contributed by atoms with Crippen molar-refractivity contribution in [1.29, 1.82) is 0 Å². The maximum absolute atomic E-state index is 13.0. The number of alkyl halides is 6. The fourth-order valence-electron chi connectivity index (χ4n) is 2.51. The van der Waals surface area contributed by atoms with Crippen LogP contribution in [0.4, 0.5) is 37.7 Å². The zero-order chi connectivity index (χ0) is 22.3. The lowest BCUT2D eigenvalue weighted by Crippen LogP contribution is -2.09. The molecule has 29 heavy (non-hydrogen) atoms. The summed E-state index contributed by atoms with van der Waals surface area (Å²) in [6.07, 6.45) is -11.3. The molecular weight excluding hydrogens is 418 g/mol. The Balaban J connectivity index is 2.68. The summed E-state index contributed by atoms with van der Waals surface area (Å²) < 4.78 is 78.0. The van der Waals surface area contributed by atoms with E-state index in [1.54, 1.807) is 0 Å². The fourth-order valence-corrected chi connectivity index (χ4v) is 2.51. The number of phenolic OH excluding ortho intramolecular Hbond substituents is 2. The average molecular weight is 426 g/mol. The Bertz CT molecular complexity index is 923. The molecule has 156 valence electrons. The molecule has 0 saturated heterocycles.